The maximum absolute atomic E-state index is 5.85. The molecule has 1 aliphatic rings. The number of hydrogen-bond acceptors (Lipinski definition) is 4. The van der Waals surface area contributed by atoms with E-state index in [-0.39, 0.29) is 5.95 Å². The monoisotopic (exact) mass is 274 g/mol. The van der Waals surface area contributed by atoms with Gasteiger partial charge in [0.1, 0.15) is 11.0 Å². The second kappa shape index (κ2) is 5.05. The minimum absolute atomic E-state index is 0.203. The van der Waals surface area contributed by atoms with Gasteiger partial charge >= 0.3 is 0 Å². The molecule has 98 valence electrons. The highest BCUT2D eigenvalue weighted by molar-refractivity contribution is 6.29. The fourth-order valence-corrected chi connectivity index (χ4v) is 2.64. The average Bonchev–Trinajstić information content (AvgIpc) is 2.33. The van der Waals surface area contributed by atoms with Gasteiger partial charge in [-0.25, -0.2) is 4.98 Å². The first-order chi connectivity index (χ1) is 9.20. The van der Waals surface area contributed by atoms with Crippen LogP contribution in [0.1, 0.15) is 24.3 Å². The van der Waals surface area contributed by atoms with E-state index in [2.05, 4.69) is 39.6 Å². The molecule has 1 aromatic heterocycles. The maximum Gasteiger partial charge on any atom is 0.223 e. The van der Waals surface area contributed by atoms with Crippen molar-refractivity contribution in [2.24, 2.45) is 0 Å². The molecule has 5 heteroatoms. The fourth-order valence-electron chi connectivity index (χ4n) is 2.45. The maximum atomic E-state index is 5.85. The van der Waals surface area contributed by atoms with Crippen molar-refractivity contribution in [3.8, 4) is 0 Å². The number of aromatic nitrogens is 2. The number of anilines is 2. The quantitative estimate of drug-likeness (QED) is 0.845. The molecule has 0 saturated heterocycles. The molecule has 0 unspecified atom stereocenters. The third-order valence-electron chi connectivity index (χ3n) is 3.47. The van der Waals surface area contributed by atoms with Crippen molar-refractivity contribution in [3.63, 3.8) is 0 Å². The summed E-state index contributed by atoms with van der Waals surface area (Å²) in [6, 6.07) is 12.7. The van der Waals surface area contributed by atoms with Gasteiger partial charge in [0.15, 0.2) is 0 Å². The van der Waals surface area contributed by atoms with Crippen LogP contribution < -0.4 is 11.1 Å². The lowest BCUT2D eigenvalue weighted by Gasteiger charge is -2.36. The van der Waals surface area contributed by atoms with Crippen LogP contribution in [-0.2, 0) is 0 Å². The van der Waals surface area contributed by atoms with Crippen LogP contribution >= 0.6 is 11.6 Å². The van der Waals surface area contributed by atoms with Gasteiger partial charge in [-0.2, -0.15) is 4.98 Å². The zero-order valence-corrected chi connectivity index (χ0v) is 11.1. The van der Waals surface area contributed by atoms with E-state index in [1.54, 1.807) is 6.07 Å². The van der Waals surface area contributed by atoms with Crippen molar-refractivity contribution in [1.29, 1.82) is 0 Å². The van der Waals surface area contributed by atoms with E-state index in [0.29, 0.717) is 22.9 Å². The lowest BCUT2D eigenvalue weighted by Crippen LogP contribution is -2.34. The van der Waals surface area contributed by atoms with Gasteiger partial charge in [0.2, 0.25) is 5.95 Å². The summed E-state index contributed by atoms with van der Waals surface area (Å²) < 4.78 is 0. The Labute approximate surface area is 117 Å². The molecule has 1 aliphatic carbocycles. The summed E-state index contributed by atoms with van der Waals surface area (Å²) >= 11 is 5.85. The Bertz CT molecular complexity index is 547. The van der Waals surface area contributed by atoms with Crippen LogP contribution in [-0.4, -0.2) is 16.0 Å². The Morgan fingerprint density at radius 2 is 1.89 bits per heavy atom. The third-order valence-corrected chi connectivity index (χ3v) is 3.67. The zero-order valence-electron chi connectivity index (χ0n) is 10.4. The molecule has 2 aromatic rings. The van der Waals surface area contributed by atoms with E-state index >= 15 is 0 Å². The van der Waals surface area contributed by atoms with Gasteiger partial charge in [0.25, 0.3) is 0 Å². The molecule has 19 heavy (non-hydrogen) atoms. The van der Waals surface area contributed by atoms with Crippen LogP contribution in [0.4, 0.5) is 11.8 Å². The fraction of sp³-hybridized carbons (Fsp3) is 0.286. The number of nitrogen functional groups attached to an aromatic ring is 1. The predicted molar refractivity (Wildman–Crippen MR) is 77.3 cm³/mol. The Hall–Kier alpha value is -1.81. The number of nitrogens with two attached hydrogens (primary N) is 1. The molecule has 0 amide bonds. The highest BCUT2D eigenvalue weighted by atomic mass is 35.5. The van der Waals surface area contributed by atoms with Crippen molar-refractivity contribution in [2.75, 3.05) is 11.1 Å². The molecule has 3 rings (SSSR count). The molecule has 0 spiro atoms. The predicted octanol–water partition coefficient (Wildman–Crippen LogP) is 3.07. The minimum Gasteiger partial charge on any atom is -0.368 e. The minimum atomic E-state index is 0.203. The number of nitrogens with one attached hydrogen (secondary N) is 1. The summed E-state index contributed by atoms with van der Waals surface area (Å²) in [6.07, 6.45) is 2.21. The normalized spacial score (nSPS) is 21.7. The molecule has 3 N–H and O–H groups in total. The molecule has 0 atom stereocenters. The van der Waals surface area contributed by atoms with Crippen LogP contribution in [0.5, 0.6) is 0 Å². The van der Waals surface area contributed by atoms with E-state index < -0.39 is 0 Å². The molecule has 1 fully saturated rings. The summed E-state index contributed by atoms with van der Waals surface area (Å²) in [5.74, 6) is 1.54. The van der Waals surface area contributed by atoms with Crippen molar-refractivity contribution in [3.05, 3.63) is 47.1 Å². The van der Waals surface area contributed by atoms with Crippen molar-refractivity contribution >= 4 is 23.4 Å². The molecule has 0 radical (unpaired) electrons. The van der Waals surface area contributed by atoms with Crippen molar-refractivity contribution in [1.82, 2.24) is 9.97 Å². The summed E-state index contributed by atoms with van der Waals surface area (Å²) in [5.41, 5.74) is 6.97. The van der Waals surface area contributed by atoms with E-state index in [1.165, 1.54) is 5.56 Å². The number of hydrogen-bond donors (Lipinski definition) is 2. The summed E-state index contributed by atoms with van der Waals surface area (Å²) in [6.45, 7) is 0. The third kappa shape index (κ3) is 2.79. The Kier molecular flexibility index (Phi) is 3.25. The van der Waals surface area contributed by atoms with Gasteiger partial charge < -0.3 is 11.1 Å². The average molecular weight is 275 g/mol. The Balaban J connectivity index is 1.59. The van der Waals surface area contributed by atoms with Crippen LogP contribution in [0.3, 0.4) is 0 Å². The molecule has 0 aliphatic heterocycles. The standard InChI is InChI=1S/C14H15ClN4/c15-12-8-13(19-14(16)18-12)17-11-6-10(7-11)9-4-2-1-3-5-9/h1-5,8,10-11H,6-7H2,(H3,16,17,18,19). The summed E-state index contributed by atoms with van der Waals surface area (Å²) in [7, 11) is 0. The summed E-state index contributed by atoms with van der Waals surface area (Å²) in [5, 5.41) is 3.71. The van der Waals surface area contributed by atoms with Crippen LogP contribution in [0, 0.1) is 0 Å². The number of nitrogens with zero attached hydrogens (tertiary/aromatic N) is 2. The zero-order chi connectivity index (χ0) is 13.2. The first-order valence-corrected chi connectivity index (χ1v) is 6.70. The molecule has 1 heterocycles. The first kappa shape index (κ1) is 12.2. The van der Waals surface area contributed by atoms with Gasteiger partial charge in [-0.3, -0.25) is 0 Å². The number of benzene rings is 1. The molecule has 4 nitrogen and oxygen atoms in total. The van der Waals surface area contributed by atoms with Gasteiger partial charge in [-0.05, 0) is 24.3 Å². The lowest BCUT2D eigenvalue weighted by atomic mass is 9.76. The highest BCUT2D eigenvalue weighted by Crippen LogP contribution is 2.38. The summed E-state index contributed by atoms with van der Waals surface area (Å²) in [4.78, 5) is 7.96. The Morgan fingerprint density at radius 3 is 2.58 bits per heavy atom. The second-order valence-corrected chi connectivity index (χ2v) is 5.24. The molecular weight excluding hydrogens is 260 g/mol. The van der Waals surface area contributed by atoms with Crippen molar-refractivity contribution < 1.29 is 0 Å². The topological polar surface area (TPSA) is 63.8 Å². The smallest absolute Gasteiger partial charge is 0.223 e. The van der Waals surface area contributed by atoms with Gasteiger partial charge in [-0.15, -0.1) is 0 Å². The van der Waals surface area contributed by atoms with Crippen LogP contribution in [0.25, 0.3) is 0 Å². The molecule has 0 bridgehead atoms. The molecule has 1 saturated carbocycles. The Morgan fingerprint density at radius 1 is 1.16 bits per heavy atom. The molecule has 1 aromatic carbocycles. The van der Waals surface area contributed by atoms with E-state index in [0.717, 1.165) is 12.8 Å². The number of rotatable bonds is 3. The van der Waals surface area contributed by atoms with E-state index in [1.807, 2.05) is 6.07 Å². The van der Waals surface area contributed by atoms with E-state index in [4.69, 9.17) is 17.3 Å². The second-order valence-electron chi connectivity index (χ2n) is 4.85. The van der Waals surface area contributed by atoms with Crippen molar-refractivity contribution in [2.45, 2.75) is 24.8 Å². The van der Waals surface area contributed by atoms with Gasteiger partial charge in [0.05, 0.1) is 0 Å². The van der Waals surface area contributed by atoms with Gasteiger partial charge in [0, 0.05) is 12.1 Å². The van der Waals surface area contributed by atoms with Crippen LogP contribution in [0.15, 0.2) is 36.4 Å². The van der Waals surface area contributed by atoms with Gasteiger partial charge in [-0.1, -0.05) is 41.9 Å². The lowest BCUT2D eigenvalue weighted by molar-refractivity contribution is 0.373. The molecular formula is C14H15ClN4. The SMILES string of the molecule is Nc1nc(Cl)cc(NC2CC(c3ccccc3)C2)n1. The number of halogens is 1. The highest BCUT2D eigenvalue weighted by Gasteiger charge is 2.30. The van der Waals surface area contributed by atoms with E-state index in [9.17, 15) is 0 Å². The largest absolute Gasteiger partial charge is 0.368 e. The van der Waals surface area contributed by atoms with Crippen LogP contribution in [0.2, 0.25) is 5.15 Å². The first-order valence-electron chi connectivity index (χ1n) is 6.32.